The van der Waals surface area contributed by atoms with Crippen molar-refractivity contribution in [3.63, 3.8) is 0 Å². The van der Waals surface area contributed by atoms with Crippen LogP contribution >= 0.6 is 0 Å². The quantitative estimate of drug-likeness (QED) is 0.604. The lowest BCUT2D eigenvalue weighted by Gasteiger charge is -2.03. The number of hydrogen-bond donors (Lipinski definition) is 1. The van der Waals surface area contributed by atoms with Gasteiger partial charge in [0.1, 0.15) is 0 Å². The molecule has 1 aliphatic rings. The van der Waals surface area contributed by atoms with E-state index in [-0.39, 0.29) is 0 Å². The largest absolute Gasteiger partial charge is 0.490 e. The van der Waals surface area contributed by atoms with Crippen molar-refractivity contribution in [1.29, 1.82) is 0 Å². The molecule has 0 atom stereocenters. The fourth-order valence-electron chi connectivity index (χ4n) is 1.10. The minimum absolute atomic E-state index is 0.783. The molecule has 0 bridgehead atoms. The highest BCUT2D eigenvalue weighted by Crippen LogP contribution is 2.22. The third kappa shape index (κ3) is 1.27. The normalized spacial score (nSPS) is 15.6. The van der Waals surface area contributed by atoms with Crippen molar-refractivity contribution in [2.45, 2.75) is 6.42 Å². The summed E-state index contributed by atoms with van der Waals surface area (Å²) in [5.41, 5.74) is 0. The van der Waals surface area contributed by atoms with Crippen LogP contribution in [0.25, 0.3) is 0 Å². The van der Waals surface area contributed by atoms with Crippen LogP contribution in [0.15, 0.2) is 18.3 Å². The van der Waals surface area contributed by atoms with Crippen molar-refractivity contribution in [1.82, 2.24) is 4.98 Å². The number of rotatable bonds is 0. The Morgan fingerprint density at radius 1 is 1.55 bits per heavy atom. The number of hydrogen-bond acceptors (Lipinski definition) is 3. The number of nitrogens with zero attached hydrogens (tertiary/aromatic N) is 1. The van der Waals surface area contributed by atoms with Gasteiger partial charge in [-0.3, -0.25) is 0 Å². The number of fused-ring (bicyclic) bond motifs is 1. The molecule has 3 heteroatoms. The highest BCUT2D eigenvalue weighted by Gasteiger charge is 2.06. The van der Waals surface area contributed by atoms with Crippen molar-refractivity contribution in [2.75, 3.05) is 18.5 Å². The van der Waals surface area contributed by atoms with Crippen LogP contribution in [-0.2, 0) is 0 Å². The Morgan fingerprint density at radius 2 is 2.55 bits per heavy atom. The molecule has 0 unspecified atom stereocenters. The maximum absolute atomic E-state index is 5.42. The summed E-state index contributed by atoms with van der Waals surface area (Å²) in [6.45, 7) is 1.73. The minimum Gasteiger partial charge on any atom is -0.490 e. The van der Waals surface area contributed by atoms with Gasteiger partial charge in [-0.1, -0.05) is 0 Å². The Balaban J connectivity index is 2.33. The Kier molecular flexibility index (Phi) is 1.63. The Bertz CT molecular complexity index is 225. The van der Waals surface area contributed by atoms with E-state index >= 15 is 0 Å². The van der Waals surface area contributed by atoms with Crippen molar-refractivity contribution in [3.8, 4) is 5.75 Å². The average molecular weight is 150 g/mol. The molecule has 0 amide bonds. The van der Waals surface area contributed by atoms with Gasteiger partial charge in [-0.05, 0) is 18.6 Å². The third-order valence-electron chi connectivity index (χ3n) is 1.64. The molecular weight excluding hydrogens is 140 g/mol. The fourth-order valence-corrected chi connectivity index (χ4v) is 1.10. The summed E-state index contributed by atoms with van der Waals surface area (Å²) < 4.78 is 5.42. The number of anilines is 1. The molecular formula is C8H10N2O. The van der Waals surface area contributed by atoms with Crippen molar-refractivity contribution < 1.29 is 4.74 Å². The summed E-state index contributed by atoms with van der Waals surface area (Å²) in [4.78, 5) is 4.14. The molecule has 1 N–H and O–H groups in total. The molecule has 0 aliphatic carbocycles. The molecule has 0 saturated heterocycles. The molecule has 11 heavy (non-hydrogen) atoms. The second kappa shape index (κ2) is 2.78. The summed E-state index contributed by atoms with van der Waals surface area (Å²) in [5, 5.41) is 3.19. The second-order valence-electron chi connectivity index (χ2n) is 2.48. The summed E-state index contributed by atoms with van der Waals surface area (Å²) in [5.74, 6) is 1.73. The molecule has 58 valence electrons. The standard InChI is InChI=1S/C8H10N2O/c1-3-7-8(9-4-1)10-5-2-6-11-7/h1,3-4H,2,5-6H2,(H,9,10). The van der Waals surface area contributed by atoms with Crippen LogP contribution in [0.5, 0.6) is 5.75 Å². The van der Waals surface area contributed by atoms with Crippen LogP contribution in [0.3, 0.4) is 0 Å². The average Bonchev–Trinajstić information content (AvgIpc) is 2.28. The number of aromatic nitrogens is 1. The second-order valence-corrected chi connectivity index (χ2v) is 2.48. The zero-order valence-electron chi connectivity index (χ0n) is 6.21. The van der Waals surface area contributed by atoms with E-state index < -0.39 is 0 Å². The van der Waals surface area contributed by atoms with Gasteiger partial charge in [-0.25, -0.2) is 4.98 Å². The van der Waals surface area contributed by atoms with Gasteiger partial charge in [0.25, 0.3) is 0 Å². The van der Waals surface area contributed by atoms with Gasteiger partial charge in [0.15, 0.2) is 11.6 Å². The van der Waals surface area contributed by atoms with Crippen molar-refractivity contribution >= 4 is 5.82 Å². The van der Waals surface area contributed by atoms with Crippen LogP contribution in [0.2, 0.25) is 0 Å². The maximum atomic E-state index is 5.42. The first-order chi connectivity index (χ1) is 5.47. The summed E-state index contributed by atoms with van der Waals surface area (Å²) >= 11 is 0. The van der Waals surface area contributed by atoms with Crippen LogP contribution < -0.4 is 10.1 Å². The van der Waals surface area contributed by atoms with Crippen LogP contribution in [0.1, 0.15) is 6.42 Å². The number of pyridine rings is 1. The lowest BCUT2D eigenvalue weighted by molar-refractivity contribution is 0.322. The van der Waals surface area contributed by atoms with Gasteiger partial charge in [0.05, 0.1) is 6.61 Å². The summed E-state index contributed by atoms with van der Waals surface area (Å²) in [6.07, 6.45) is 2.80. The summed E-state index contributed by atoms with van der Waals surface area (Å²) in [6, 6.07) is 3.81. The Morgan fingerprint density at radius 3 is 3.55 bits per heavy atom. The van der Waals surface area contributed by atoms with E-state index in [1.807, 2.05) is 12.1 Å². The number of ether oxygens (including phenoxy) is 1. The first kappa shape index (κ1) is 6.46. The van der Waals surface area contributed by atoms with Gasteiger partial charge >= 0.3 is 0 Å². The van der Waals surface area contributed by atoms with Crippen LogP contribution in [0, 0.1) is 0 Å². The predicted octanol–water partition coefficient (Wildman–Crippen LogP) is 1.28. The first-order valence-electron chi connectivity index (χ1n) is 3.78. The van der Waals surface area contributed by atoms with E-state index in [9.17, 15) is 0 Å². The molecule has 1 aliphatic heterocycles. The molecule has 2 rings (SSSR count). The van der Waals surface area contributed by atoms with Gasteiger partial charge in [0, 0.05) is 12.7 Å². The minimum atomic E-state index is 0.783. The number of nitrogens with one attached hydrogen (secondary N) is 1. The fraction of sp³-hybridized carbons (Fsp3) is 0.375. The molecule has 0 spiro atoms. The lowest BCUT2D eigenvalue weighted by Crippen LogP contribution is -2.00. The molecule has 1 aromatic heterocycles. The molecule has 0 fully saturated rings. The Labute approximate surface area is 65.4 Å². The van der Waals surface area contributed by atoms with Crippen molar-refractivity contribution in [2.24, 2.45) is 0 Å². The van der Waals surface area contributed by atoms with E-state index in [2.05, 4.69) is 10.3 Å². The zero-order valence-corrected chi connectivity index (χ0v) is 6.21. The lowest BCUT2D eigenvalue weighted by atomic mass is 10.4. The van der Waals surface area contributed by atoms with E-state index in [4.69, 9.17) is 4.74 Å². The SMILES string of the molecule is c1cnc2c(c1)OCCCN2. The molecule has 0 radical (unpaired) electrons. The highest BCUT2D eigenvalue weighted by atomic mass is 16.5. The van der Waals surface area contributed by atoms with E-state index in [0.717, 1.165) is 31.1 Å². The Hall–Kier alpha value is -1.25. The first-order valence-corrected chi connectivity index (χ1v) is 3.78. The van der Waals surface area contributed by atoms with Crippen molar-refractivity contribution in [3.05, 3.63) is 18.3 Å². The highest BCUT2D eigenvalue weighted by molar-refractivity contribution is 5.49. The van der Waals surface area contributed by atoms with Crippen LogP contribution in [-0.4, -0.2) is 18.1 Å². The molecule has 2 heterocycles. The van der Waals surface area contributed by atoms with Crippen LogP contribution in [0.4, 0.5) is 5.82 Å². The van der Waals surface area contributed by atoms with E-state index in [1.54, 1.807) is 6.20 Å². The van der Waals surface area contributed by atoms with Gasteiger partial charge in [0.2, 0.25) is 0 Å². The zero-order chi connectivity index (χ0) is 7.52. The molecule has 0 saturated carbocycles. The molecule has 1 aromatic rings. The predicted molar refractivity (Wildman–Crippen MR) is 42.8 cm³/mol. The van der Waals surface area contributed by atoms with E-state index in [0.29, 0.717) is 0 Å². The third-order valence-corrected chi connectivity index (χ3v) is 1.64. The maximum Gasteiger partial charge on any atom is 0.168 e. The van der Waals surface area contributed by atoms with E-state index in [1.165, 1.54) is 0 Å². The topological polar surface area (TPSA) is 34.1 Å². The van der Waals surface area contributed by atoms with Gasteiger partial charge in [-0.15, -0.1) is 0 Å². The van der Waals surface area contributed by atoms with Gasteiger partial charge < -0.3 is 10.1 Å². The molecule has 3 nitrogen and oxygen atoms in total. The molecule has 0 aromatic carbocycles. The monoisotopic (exact) mass is 150 g/mol. The summed E-state index contributed by atoms with van der Waals surface area (Å²) in [7, 11) is 0. The van der Waals surface area contributed by atoms with Gasteiger partial charge in [-0.2, -0.15) is 0 Å². The smallest absolute Gasteiger partial charge is 0.168 e.